The van der Waals surface area contributed by atoms with Gasteiger partial charge in [-0.2, -0.15) is 0 Å². The molecule has 168 valence electrons. The molecule has 1 amide bonds. The number of aliphatic hydroxyl groups excluding tert-OH is 1. The molecule has 3 rings (SSSR count). The summed E-state index contributed by atoms with van der Waals surface area (Å²) in [5.41, 5.74) is 4.49. The minimum Gasteiger partial charge on any atom is -0.465 e. The molecule has 2 heterocycles. The molecule has 3 N–H and O–H groups in total. The Balaban J connectivity index is 1.61. The second-order valence-electron chi connectivity index (χ2n) is 8.23. The number of hydrogen-bond acceptors (Lipinski definition) is 5. The maximum atomic E-state index is 12.8. The highest BCUT2D eigenvalue weighted by atomic mass is 16.5. The molecule has 1 fully saturated rings. The van der Waals surface area contributed by atoms with Gasteiger partial charge < -0.3 is 20.1 Å². The summed E-state index contributed by atoms with van der Waals surface area (Å²) in [7, 11) is 1.35. The van der Waals surface area contributed by atoms with Gasteiger partial charge in [0.2, 0.25) is 0 Å². The van der Waals surface area contributed by atoms with Crippen LogP contribution in [0.4, 0.5) is 0 Å². The second-order valence-corrected chi connectivity index (χ2v) is 8.23. The van der Waals surface area contributed by atoms with Gasteiger partial charge >= 0.3 is 5.97 Å². The van der Waals surface area contributed by atoms with Gasteiger partial charge in [0.25, 0.3) is 5.91 Å². The molecule has 7 heteroatoms. The highest BCUT2D eigenvalue weighted by molar-refractivity contribution is 6.00. The molecule has 0 bridgehead atoms. The Bertz CT molecular complexity index is 896. The number of aryl methyl sites for hydroxylation is 1. The van der Waals surface area contributed by atoms with Gasteiger partial charge in [0.05, 0.1) is 18.8 Å². The van der Waals surface area contributed by atoms with Crippen LogP contribution in [0.2, 0.25) is 0 Å². The number of aliphatic hydroxyl groups is 1. The number of carbonyl (C=O) groups is 2. The third-order valence-electron chi connectivity index (χ3n) is 5.85. The zero-order valence-corrected chi connectivity index (χ0v) is 18.7. The number of likely N-dealkylation sites (tertiary alicyclic amines) is 1. The summed E-state index contributed by atoms with van der Waals surface area (Å²) < 4.78 is 4.89. The molecule has 31 heavy (non-hydrogen) atoms. The summed E-state index contributed by atoms with van der Waals surface area (Å²) in [6.45, 7) is 6.91. The normalized spacial score (nSPS) is 15.1. The van der Waals surface area contributed by atoms with E-state index in [1.54, 1.807) is 6.92 Å². The molecule has 0 radical (unpaired) electrons. The molecule has 2 aromatic rings. The van der Waals surface area contributed by atoms with Crippen LogP contribution in [0.3, 0.4) is 0 Å². The van der Waals surface area contributed by atoms with E-state index in [1.165, 1.54) is 12.7 Å². The van der Waals surface area contributed by atoms with Gasteiger partial charge in [-0.3, -0.25) is 9.69 Å². The van der Waals surface area contributed by atoms with E-state index in [4.69, 9.17) is 4.74 Å². The number of H-pyrrole nitrogens is 1. The van der Waals surface area contributed by atoms with Crippen LogP contribution in [0.15, 0.2) is 24.3 Å². The van der Waals surface area contributed by atoms with Crippen LogP contribution in [0.5, 0.6) is 0 Å². The predicted molar refractivity (Wildman–Crippen MR) is 119 cm³/mol. The number of carbonyl (C=O) groups excluding carboxylic acids is 2. The number of nitrogens with zero attached hydrogens (tertiary/aromatic N) is 1. The largest absolute Gasteiger partial charge is 0.465 e. The third-order valence-corrected chi connectivity index (χ3v) is 5.85. The number of methoxy groups -OCH3 is 1. The monoisotopic (exact) mass is 427 g/mol. The van der Waals surface area contributed by atoms with Gasteiger partial charge in [-0.25, -0.2) is 4.79 Å². The van der Waals surface area contributed by atoms with E-state index in [2.05, 4.69) is 27.3 Å². The number of aromatic nitrogens is 1. The van der Waals surface area contributed by atoms with Gasteiger partial charge in [0.1, 0.15) is 5.69 Å². The van der Waals surface area contributed by atoms with Crippen LogP contribution in [-0.4, -0.2) is 53.2 Å². The Labute approximate surface area is 183 Å². The lowest BCUT2D eigenvalue weighted by Gasteiger charge is -2.29. The zero-order valence-electron chi connectivity index (χ0n) is 18.7. The summed E-state index contributed by atoms with van der Waals surface area (Å²) >= 11 is 0. The molecule has 1 aromatic carbocycles. The van der Waals surface area contributed by atoms with Crippen LogP contribution in [0.25, 0.3) is 0 Å². The fourth-order valence-electron chi connectivity index (χ4n) is 4.12. The number of benzene rings is 1. The first kappa shape index (κ1) is 23.0. The number of amides is 1. The number of aromatic amines is 1. The van der Waals surface area contributed by atoms with Gasteiger partial charge in [-0.1, -0.05) is 37.6 Å². The molecule has 0 spiro atoms. The van der Waals surface area contributed by atoms with E-state index in [0.29, 0.717) is 35.5 Å². The van der Waals surface area contributed by atoms with Crippen molar-refractivity contribution in [3.05, 3.63) is 57.9 Å². The number of ether oxygens (including phenoxy) is 1. The number of rotatable bonds is 8. The first-order valence-electron chi connectivity index (χ1n) is 11.0. The lowest BCUT2D eigenvalue weighted by atomic mass is 10.0. The predicted octanol–water partition coefficient (Wildman–Crippen LogP) is 2.95. The maximum Gasteiger partial charge on any atom is 0.339 e. The van der Waals surface area contributed by atoms with Gasteiger partial charge in [-0.05, 0) is 42.9 Å². The van der Waals surface area contributed by atoms with Crippen molar-refractivity contribution >= 4 is 11.9 Å². The van der Waals surface area contributed by atoms with Gasteiger partial charge in [0.15, 0.2) is 0 Å². The average molecular weight is 428 g/mol. The van der Waals surface area contributed by atoms with Crippen molar-refractivity contribution in [1.82, 2.24) is 15.2 Å². The highest BCUT2D eigenvalue weighted by Gasteiger charge is 2.24. The molecule has 0 saturated carbocycles. The van der Waals surface area contributed by atoms with E-state index in [1.807, 2.05) is 19.1 Å². The lowest BCUT2D eigenvalue weighted by Crippen LogP contribution is -2.35. The number of piperidine rings is 1. The summed E-state index contributed by atoms with van der Waals surface area (Å²) in [6, 6.07) is 8.23. The summed E-state index contributed by atoms with van der Waals surface area (Å²) in [4.78, 5) is 30.4. The molecule has 1 aliphatic rings. The van der Waals surface area contributed by atoms with E-state index < -0.39 is 5.97 Å². The fraction of sp³-hybridized carbons (Fsp3) is 0.500. The Morgan fingerprint density at radius 2 is 1.84 bits per heavy atom. The second kappa shape index (κ2) is 10.6. The minimum atomic E-state index is -0.421. The van der Waals surface area contributed by atoms with Crippen molar-refractivity contribution in [1.29, 1.82) is 0 Å². The fourth-order valence-corrected chi connectivity index (χ4v) is 4.12. The summed E-state index contributed by atoms with van der Waals surface area (Å²) in [5, 5.41) is 12.6. The summed E-state index contributed by atoms with van der Waals surface area (Å²) in [5.74, 6) is -0.646. The Kier molecular flexibility index (Phi) is 7.87. The smallest absolute Gasteiger partial charge is 0.339 e. The minimum absolute atomic E-state index is 0.160. The van der Waals surface area contributed by atoms with Crippen LogP contribution >= 0.6 is 0 Å². The van der Waals surface area contributed by atoms with Crippen molar-refractivity contribution in [3.63, 3.8) is 0 Å². The van der Waals surface area contributed by atoms with Crippen molar-refractivity contribution < 1.29 is 19.4 Å². The molecule has 0 atom stereocenters. The zero-order chi connectivity index (χ0) is 22.4. The van der Waals surface area contributed by atoms with Crippen molar-refractivity contribution in [2.24, 2.45) is 0 Å². The van der Waals surface area contributed by atoms with Crippen LogP contribution < -0.4 is 5.32 Å². The van der Waals surface area contributed by atoms with E-state index in [-0.39, 0.29) is 12.0 Å². The highest BCUT2D eigenvalue weighted by Crippen LogP contribution is 2.22. The van der Waals surface area contributed by atoms with Gasteiger partial charge in [0, 0.05) is 31.9 Å². The molecular formula is C24H33N3O4. The number of esters is 1. The molecule has 1 aromatic heterocycles. The van der Waals surface area contributed by atoms with Crippen LogP contribution in [0.1, 0.15) is 69.4 Å². The van der Waals surface area contributed by atoms with E-state index in [0.717, 1.165) is 44.5 Å². The van der Waals surface area contributed by atoms with E-state index >= 15 is 0 Å². The number of nitrogens with one attached hydrogen (secondary N) is 2. The van der Waals surface area contributed by atoms with Crippen LogP contribution in [-0.2, 0) is 24.2 Å². The molecule has 0 unspecified atom stereocenters. The SMILES string of the molecule is CCCc1c(C(=O)NCc2ccc(CN3CCC(O)CC3)cc2)[nH]c(C)c1C(=O)OC. The average Bonchev–Trinajstić information content (AvgIpc) is 3.10. The quantitative estimate of drug-likeness (QED) is 0.563. The lowest BCUT2D eigenvalue weighted by molar-refractivity contribution is 0.0599. The third kappa shape index (κ3) is 5.74. The molecule has 1 aliphatic heterocycles. The standard InChI is InChI=1S/C24H33N3O4/c1-4-5-20-21(24(30)31-3)16(2)26-22(20)23(29)25-14-17-6-8-18(9-7-17)15-27-12-10-19(28)11-13-27/h6-9,19,26,28H,4-5,10-15H2,1-3H3,(H,25,29). The molecule has 7 nitrogen and oxygen atoms in total. The Hall–Kier alpha value is -2.64. The number of hydrogen-bond donors (Lipinski definition) is 3. The van der Waals surface area contributed by atoms with Crippen molar-refractivity contribution in [3.8, 4) is 0 Å². The molecule has 0 aliphatic carbocycles. The maximum absolute atomic E-state index is 12.8. The first-order valence-corrected chi connectivity index (χ1v) is 11.0. The Morgan fingerprint density at radius 1 is 1.19 bits per heavy atom. The Morgan fingerprint density at radius 3 is 2.45 bits per heavy atom. The topological polar surface area (TPSA) is 94.7 Å². The molecular weight excluding hydrogens is 394 g/mol. The van der Waals surface area contributed by atoms with Crippen molar-refractivity contribution in [2.75, 3.05) is 20.2 Å². The van der Waals surface area contributed by atoms with E-state index in [9.17, 15) is 14.7 Å². The van der Waals surface area contributed by atoms with Crippen LogP contribution in [0, 0.1) is 6.92 Å². The molecule has 1 saturated heterocycles. The van der Waals surface area contributed by atoms with Crippen molar-refractivity contribution in [2.45, 2.75) is 58.7 Å². The first-order chi connectivity index (χ1) is 14.9. The van der Waals surface area contributed by atoms with Gasteiger partial charge in [-0.15, -0.1) is 0 Å². The summed E-state index contributed by atoms with van der Waals surface area (Å²) in [6.07, 6.45) is 2.95.